The molecule has 1 aliphatic carbocycles. The maximum atomic E-state index is 13.8. The van der Waals surface area contributed by atoms with Crippen LogP contribution in [0.5, 0.6) is 0 Å². The number of piperidine rings is 1. The van der Waals surface area contributed by atoms with Gasteiger partial charge in [-0.25, -0.2) is 13.2 Å². The first-order valence-electron chi connectivity index (χ1n) is 12.6. The summed E-state index contributed by atoms with van der Waals surface area (Å²) in [5, 5.41) is 13.0. The van der Waals surface area contributed by atoms with Crippen molar-refractivity contribution < 1.29 is 36.3 Å². The predicted octanol–water partition coefficient (Wildman–Crippen LogP) is 4.17. The molecule has 2 saturated heterocycles. The third-order valence-electron chi connectivity index (χ3n) is 8.42. The Morgan fingerprint density at radius 2 is 1.81 bits per heavy atom. The van der Waals surface area contributed by atoms with Gasteiger partial charge in [0.25, 0.3) is 0 Å². The van der Waals surface area contributed by atoms with E-state index in [1.165, 1.54) is 9.21 Å². The van der Waals surface area contributed by atoms with E-state index in [4.69, 9.17) is 0 Å². The van der Waals surface area contributed by atoms with Crippen molar-refractivity contribution in [1.82, 2.24) is 14.5 Å². The molecule has 1 saturated carbocycles. The molecular weight excluding hydrogens is 511 g/mol. The average molecular weight is 546 g/mol. The highest BCUT2D eigenvalue weighted by atomic mass is 32.2. The zero-order chi connectivity index (χ0) is 27.4. The van der Waals surface area contributed by atoms with E-state index < -0.39 is 43.7 Å². The van der Waals surface area contributed by atoms with Crippen molar-refractivity contribution in [2.24, 2.45) is 17.3 Å². The van der Waals surface area contributed by atoms with Gasteiger partial charge in [-0.15, -0.1) is 0 Å². The highest BCUT2D eigenvalue weighted by Gasteiger charge is 2.57. The maximum Gasteiger partial charge on any atom is 0.416 e. The second-order valence-electron chi connectivity index (χ2n) is 11.4. The first-order valence-corrected chi connectivity index (χ1v) is 14.0. The molecule has 206 valence electrons. The van der Waals surface area contributed by atoms with Crippen molar-refractivity contribution in [2.75, 3.05) is 19.6 Å². The van der Waals surface area contributed by atoms with Gasteiger partial charge in [0.05, 0.1) is 10.5 Å². The van der Waals surface area contributed by atoms with Gasteiger partial charge < -0.3 is 10.4 Å². The standard InChI is InChI=1S/C25H34F3N3O5S/c1-23(2,3)24(11-4-5-12-31(24)22(33)34)21(32)29-20-10-9-16-14-30(15-19(16)20)37(35,36)18-8-6-7-17(13-18)25(26,27)28/h6-8,13,16,19-20H,4-5,9-12,14-15H2,1-3H3,(H,29,32)(H,33,34)/t16-,19+,20+,24+/m0/s1. The SMILES string of the molecule is CC(C)(C)[C@]1(C(=O)N[C@@H]2CC[C@H]3CN(S(=O)(=O)c4cccc(C(F)(F)F)c4)C[C@H]32)CCCCN1C(=O)O. The fourth-order valence-corrected chi connectivity index (χ4v) is 8.04. The van der Waals surface area contributed by atoms with Crippen LogP contribution in [0, 0.1) is 17.3 Å². The van der Waals surface area contributed by atoms with Gasteiger partial charge in [0.15, 0.2) is 0 Å². The lowest BCUT2D eigenvalue weighted by atomic mass is 9.67. The third-order valence-corrected chi connectivity index (χ3v) is 10.2. The zero-order valence-corrected chi connectivity index (χ0v) is 22.0. The number of hydrogen-bond donors (Lipinski definition) is 2. The number of rotatable bonds is 4. The molecule has 0 spiro atoms. The van der Waals surface area contributed by atoms with Gasteiger partial charge in [-0.1, -0.05) is 26.8 Å². The van der Waals surface area contributed by atoms with Crippen molar-refractivity contribution in [3.63, 3.8) is 0 Å². The zero-order valence-electron chi connectivity index (χ0n) is 21.2. The number of likely N-dealkylation sites (tertiary alicyclic amines) is 1. The molecule has 3 fully saturated rings. The molecule has 2 heterocycles. The summed E-state index contributed by atoms with van der Waals surface area (Å²) in [5.74, 6) is -0.617. The molecule has 4 rings (SSSR count). The van der Waals surface area contributed by atoms with Crippen LogP contribution in [0.25, 0.3) is 0 Å². The number of carbonyl (C=O) groups is 2. The fraction of sp³-hybridized carbons (Fsp3) is 0.680. The summed E-state index contributed by atoms with van der Waals surface area (Å²) in [7, 11) is -4.16. The summed E-state index contributed by atoms with van der Waals surface area (Å²) in [5.41, 5.74) is -2.96. The van der Waals surface area contributed by atoms with Gasteiger partial charge in [0.1, 0.15) is 5.54 Å². The van der Waals surface area contributed by atoms with Crippen LogP contribution in [0.15, 0.2) is 29.2 Å². The van der Waals surface area contributed by atoms with Crippen LogP contribution in [-0.2, 0) is 21.0 Å². The number of benzene rings is 1. The van der Waals surface area contributed by atoms with E-state index in [0.717, 1.165) is 18.2 Å². The van der Waals surface area contributed by atoms with Crippen LogP contribution in [0.2, 0.25) is 0 Å². The Morgan fingerprint density at radius 1 is 1.11 bits per heavy atom. The molecule has 2 aliphatic heterocycles. The molecule has 37 heavy (non-hydrogen) atoms. The normalized spacial score (nSPS) is 29.2. The molecule has 2 amide bonds. The number of carbonyl (C=O) groups excluding carboxylic acids is 1. The maximum absolute atomic E-state index is 13.8. The lowest BCUT2D eigenvalue weighted by Crippen LogP contribution is -2.69. The number of fused-ring (bicyclic) bond motifs is 1. The number of amides is 2. The van der Waals surface area contributed by atoms with Crippen molar-refractivity contribution in [3.8, 4) is 0 Å². The van der Waals surface area contributed by atoms with Crippen LogP contribution >= 0.6 is 0 Å². The Balaban J connectivity index is 1.54. The van der Waals surface area contributed by atoms with Gasteiger partial charge in [-0.2, -0.15) is 17.5 Å². The lowest BCUT2D eigenvalue weighted by molar-refractivity contribution is -0.144. The predicted molar refractivity (Wildman–Crippen MR) is 129 cm³/mol. The molecule has 0 aromatic heterocycles. The average Bonchev–Trinajstić information content (AvgIpc) is 3.40. The number of carboxylic acid groups (broad SMARTS) is 1. The van der Waals surface area contributed by atoms with Crippen LogP contribution in [-0.4, -0.2) is 65.9 Å². The van der Waals surface area contributed by atoms with Crippen molar-refractivity contribution in [2.45, 2.75) is 75.5 Å². The molecule has 1 aromatic rings. The number of hydrogen-bond acceptors (Lipinski definition) is 4. The Kier molecular flexibility index (Phi) is 7.07. The molecule has 12 heteroatoms. The number of halogens is 3. The van der Waals surface area contributed by atoms with Crippen LogP contribution in [0.3, 0.4) is 0 Å². The van der Waals surface area contributed by atoms with E-state index in [0.29, 0.717) is 38.2 Å². The van der Waals surface area contributed by atoms with E-state index >= 15 is 0 Å². The Labute approximate surface area is 215 Å². The second-order valence-corrected chi connectivity index (χ2v) is 13.4. The quantitative estimate of drug-likeness (QED) is 0.591. The van der Waals surface area contributed by atoms with Gasteiger partial charge in [-0.3, -0.25) is 9.69 Å². The van der Waals surface area contributed by atoms with Crippen LogP contribution in [0.1, 0.15) is 58.4 Å². The van der Waals surface area contributed by atoms with Crippen molar-refractivity contribution in [3.05, 3.63) is 29.8 Å². The van der Waals surface area contributed by atoms with Gasteiger partial charge in [0.2, 0.25) is 15.9 Å². The minimum Gasteiger partial charge on any atom is -0.465 e. The summed E-state index contributed by atoms with van der Waals surface area (Å²) in [6, 6.07) is 3.38. The van der Waals surface area contributed by atoms with E-state index in [9.17, 15) is 36.3 Å². The molecule has 8 nitrogen and oxygen atoms in total. The van der Waals surface area contributed by atoms with Gasteiger partial charge in [0, 0.05) is 25.7 Å². The minimum atomic E-state index is -4.66. The highest BCUT2D eigenvalue weighted by molar-refractivity contribution is 7.89. The molecule has 4 atom stereocenters. The Morgan fingerprint density at radius 3 is 2.43 bits per heavy atom. The summed E-state index contributed by atoms with van der Waals surface area (Å²) in [6.45, 7) is 6.07. The molecule has 3 aliphatic rings. The van der Waals surface area contributed by atoms with Crippen molar-refractivity contribution >= 4 is 22.0 Å². The molecule has 1 aromatic carbocycles. The summed E-state index contributed by atoms with van der Waals surface area (Å²) in [6.07, 6.45) is -2.73. The Bertz CT molecular complexity index is 1170. The summed E-state index contributed by atoms with van der Waals surface area (Å²) < 4.78 is 67.1. The number of nitrogens with zero attached hydrogens (tertiary/aromatic N) is 2. The van der Waals surface area contributed by atoms with E-state index in [1.54, 1.807) is 0 Å². The molecular formula is C25H34F3N3O5S. The molecule has 0 unspecified atom stereocenters. The van der Waals surface area contributed by atoms with Gasteiger partial charge >= 0.3 is 12.3 Å². The van der Waals surface area contributed by atoms with Crippen molar-refractivity contribution in [1.29, 1.82) is 0 Å². The molecule has 0 bridgehead atoms. The van der Waals surface area contributed by atoms with Crippen LogP contribution < -0.4 is 5.32 Å². The number of alkyl halides is 3. The first kappa shape index (κ1) is 27.7. The molecule has 0 radical (unpaired) electrons. The van der Waals surface area contributed by atoms with Crippen LogP contribution in [0.4, 0.5) is 18.0 Å². The fourth-order valence-electron chi connectivity index (χ4n) is 6.46. The third kappa shape index (κ3) is 4.82. The highest BCUT2D eigenvalue weighted by Crippen LogP contribution is 2.45. The molecule has 2 N–H and O–H groups in total. The number of nitrogens with one attached hydrogen (secondary N) is 1. The van der Waals surface area contributed by atoms with E-state index in [2.05, 4.69) is 5.32 Å². The topological polar surface area (TPSA) is 107 Å². The largest absolute Gasteiger partial charge is 0.465 e. The first-order chi connectivity index (χ1) is 17.1. The van der Waals surface area contributed by atoms with E-state index in [1.807, 2.05) is 20.8 Å². The monoisotopic (exact) mass is 545 g/mol. The minimum absolute atomic E-state index is 0.0432. The smallest absolute Gasteiger partial charge is 0.416 e. The summed E-state index contributed by atoms with van der Waals surface area (Å²) in [4.78, 5) is 26.8. The second kappa shape index (κ2) is 9.44. The lowest BCUT2D eigenvalue weighted by Gasteiger charge is -2.52. The number of sulfonamides is 1. The Hall–Kier alpha value is -2.34. The summed E-state index contributed by atoms with van der Waals surface area (Å²) >= 11 is 0. The van der Waals surface area contributed by atoms with E-state index in [-0.39, 0.29) is 43.4 Å². The van der Waals surface area contributed by atoms with Gasteiger partial charge in [-0.05, 0) is 67.6 Å².